The maximum Gasteiger partial charge on any atom is 0.0441 e. The van der Waals surface area contributed by atoms with Crippen LogP contribution in [0.25, 0.3) is 0 Å². The zero-order chi connectivity index (χ0) is 18.6. The standard InChI is InChI=1S/C19H44N6/c1-2-9-19(18(22)10-3-4-11-20)25-17-8-16-24-14-6-5-13-23-15-7-12-21/h9,18,23-25H,2-8,10-17,20-22H2,1H3/b19-9-. The minimum Gasteiger partial charge on any atom is -0.387 e. The predicted octanol–water partition coefficient (Wildman–Crippen LogP) is 1.02. The molecule has 9 N–H and O–H groups in total. The van der Waals surface area contributed by atoms with Crippen molar-refractivity contribution in [2.24, 2.45) is 17.2 Å². The molecule has 1 unspecified atom stereocenters. The summed E-state index contributed by atoms with van der Waals surface area (Å²) in [6.45, 7) is 8.93. The van der Waals surface area contributed by atoms with Gasteiger partial charge in [-0.3, -0.25) is 0 Å². The molecule has 0 aromatic carbocycles. The fourth-order valence-corrected chi connectivity index (χ4v) is 2.66. The zero-order valence-electron chi connectivity index (χ0n) is 16.5. The lowest BCUT2D eigenvalue weighted by molar-refractivity contribution is 0.549. The highest BCUT2D eigenvalue weighted by Crippen LogP contribution is 2.06. The average molecular weight is 357 g/mol. The maximum atomic E-state index is 6.28. The van der Waals surface area contributed by atoms with E-state index in [0.29, 0.717) is 0 Å². The topological polar surface area (TPSA) is 114 Å². The Labute approximate surface area is 155 Å². The van der Waals surface area contributed by atoms with Crippen LogP contribution in [-0.2, 0) is 0 Å². The van der Waals surface area contributed by atoms with Crippen LogP contribution in [0, 0.1) is 0 Å². The number of hydrogen-bond donors (Lipinski definition) is 6. The van der Waals surface area contributed by atoms with E-state index in [1.54, 1.807) is 0 Å². The van der Waals surface area contributed by atoms with Crippen molar-refractivity contribution in [1.29, 1.82) is 0 Å². The summed E-state index contributed by atoms with van der Waals surface area (Å²) in [6, 6.07) is 0.117. The van der Waals surface area contributed by atoms with Gasteiger partial charge in [0.05, 0.1) is 0 Å². The average Bonchev–Trinajstić information content (AvgIpc) is 2.61. The lowest BCUT2D eigenvalue weighted by Gasteiger charge is -2.18. The molecule has 0 aliphatic rings. The lowest BCUT2D eigenvalue weighted by Crippen LogP contribution is -2.33. The van der Waals surface area contributed by atoms with Crippen molar-refractivity contribution in [3.8, 4) is 0 Å². The lowest BCUT2D eigenvalue weighted by atomic mass is 10.1. The summed E-state index contributed by atoms with van der Waals surface area (Å²) >= 11 is 0. The number of allylic oxidation sites excluding steroid dienone is 1. The van der Waals surface area contributed by atoms with Crippen LogP contribution in [0.1, 0.15) is 58.3 Å². The van der Waals surface area contributed by atoms with Crippen molar-refractivity contribution in [3.63, 3.8) is 0 Å². The third-order valence-electron chi connectivity index (χ3n) is 4.17. The van der Waals surface area contributed by atoms with Crippen LogP contribution in [0.4, 0.5) is 0 Å². The van der Waals surface area contributed by atoms with Crippen molar-refractivity contribution >= 4 is 0 Å². The molecule has 0 amide bonds. The molecule has 0 aliphatic heterocycles. The second-order valence-corrected chi connectivity index (χ2v) is 6.59. The van der Waals surface area contributed by atoms with Gasteiger partial charge in [0.2, 0.25) is 0 Å². The molecule has 0 bridgehead atoms. The molecule has 0 saturated heterocycles. The minimum absolute atomic E-state index is 0.117. The van der Waals surface area contributed by atoms with Gasteiger partial charge in [-0.2, -0.15) is 0 Å². The Balaban J connectivity index is 3.55. The van der Waals surface area contributed by atoms with Gasteiger partial charge in [-0.05, 0) is 84.2 Å². The molecule has 1 atom stereocenters. The zero-order valence-corrected chi connectivity index (χ0v) is 16.5. The van der Waals surface area contributed by atoms with E-state index in [1.807, 2.05) is 0 Å². The van der Waals surface area contributed by atoms with Crippen LogP contribution in [-0.4, -0.2) is 51.9 Å². The third-order valence-corrected chi connectivity index (χ3v) is 4.17. The fourth-order valence-electron chi connectivity index (χ4n) is 2.66. The van der Waals surface area contributed by atoms with Gasteiger partial charge < -0.3 is 33.2 Å². The van der Waals surface area contributed by atoms with Gasteiger partial charge >= 0.3 is 0 Å². The van der Waals surface area contributed by atoms with Gasteiger partial charge in [-0.25, -0.2) is 0 Å². The van der Waals surface area contributed by atoms with Crippen LogP contribution in [0.5, 0.6) is 0 Å². The molecule has 0 heterocycles. The molecule has 0 rings (SSSR count). The van der Waals surface area contributed by atoms with Gasteiger partial charge in [0, 0.05) is 18.3 Å². The van der Waals surface area contributed by atoms with E-state index in [1.165, 1.54) is 18.5 Å². The molecular formula is C19H44N6. The molecule has 6 heteroatoms. The largest absolute Gasteiger partial charge is 0.387 e. The molecular weight excluding hydrogens is 312 g/mol. The Morgan fingerprint density at radius 3 is 2.00 bits per heavy atom. The molecule has 25 heavy (non-hydrogen) atoms. The molecule has 0 fully saturated rings. The third kappa shape index (κ3) is 16.6. The summed E-state index contributed by atoms with van der Waals surface area (Å²) in [7, 11) is 0. The number of nitrogens with two attached hydrogens (primary N) is 3. The van der Waals surface area contributed by atoms with E-state index in [2.05, 4.69) is 29.0 Å². The Morgan fingerprint density at radius 1 is 0.800 bits per heavy atom. The van der Waals surface area contributed by atoms with E-state index in [0.717, 1.165) is 84.3 Å². The Hall–Kier alpha value is -0.660. The van der Waals surface area contributed by atoms with Gasteiger partial charge in [0.25, 0.3) is 0 Å². The Bertz CT molecular complexity index is 296. The first-order chi connectivity index (χ1) is 12.3. The fraction of sp³-hybridized carbons (Fsp3) is 0.895. The van der Waals surface area contributed by atoms with Gasteiger partial charge in [0.15, 0.2) is 0 Å². The SMILES string of the molecule is CC/C=C(\NCCCNCCCCNCCCN)C(N)CCCCN. The summed E-state index contributed by atoms with van der Waals surface area (Å²) in [5, 5.41) is 10.4. The molecule has 0 radical (unpaired) electrons. The monoisotopic (exact) mass is 356 g/mol. The summed E-state index contributed by atoms with van der Waals surface area (Å²) in [4.78, 5) is 0. The molecule has 6 nitrogen and oxygen atoms in total. The first kappa shape index (κ1) is 24.3. The van der Waals surface area contributed by atoms with Gasteiger partial charge in [-0.1, -0.05) is 19.4 Å². The number of rotatable bonds is 19. The van der Waals surface area contributed by atoms with Crippen LogP contribution < -0.4 is 33.2 Å². The summed E-state index contributed by atoms with van der Waals surface area (Å²) < 4.78 is 0. The smallest absolute Gasteiger partial charge is 0.0441 e. The second-order valence-electron chi connectivity index (χ2n) is 6.59. The van der Waals surface area contributed by atoms with E-state index < -0.39 is 0 Å². The first-order valence-corrected chi connectivity index (χ1v) is 10.3. The van der Waals surface area contributed by atoms with Crippen LogP contribution in [0.3, 0.4) is 0 Å². The molecule has 150 valence electrons. The normalized spacial score (nSPS) is 13.2. The van der Waals surface area contributed by atoms with E-state index in [4.69, 9.17) is 17.2 Å². The molecule has 0 spiro atoms. The second kappa shape index (κ2) is 19.7. The molecule has 0 aliphatic carbocycles. The van der Waals surface area contributed by atoms with Crippen molar-refractivity contribution in [3.05, 3.63) is 11.8 Å². The Morgan fingerprint density at radius 2 is 1.40 bits per heavy atom. The molecule has 0 aromatic rings. The Kier molecular flexibility index (Phi) is 19.1. The molecule has 0 saturated carbocycles. The van der Waals surface area contributed by atoms with E-state index >= 15 is 0 Å². The van der Waals surface area contributed by atoms with E-state index in [-0.39, 0.29) is 6.04 Å². The van der Waals surface area contributed by atoms with Crippen LogP contribution in [0.15, 0.2) is 11.8 Å². The van der Waals surface area contributed by atoms with Crippen molar-refractivity contribution in [1.82, 2.24) is 16.0 Å². The summed E-state index contributed by atoms with van der Waals surface area (Å²) in [5.74, 6) is 0. The maximum absolute atomic E-state index is 6.28. The van der Waals surface area contributed by atoms with Crippen molar-refractivity contribution in [2.75, 3.05) is 45.8 Å². The minimum atomic E-state index is 0.117. The molecule has 0 aromatic heterocycles. The van der Waals surface area contributed by atoms with Crippen LogP contribution in [0.2, 0.25) is 0 Å². The van der Waals surface area contributed by atoms with Crippen molar-refractivity contribution in [2.45, 2.75) is 64.3 Å². The predicted molar refractivity (Wildman–Crippen MR) is 111 cm³/mol. The number of hydrogen-bond acceptors (Lipinski definition) is 6. The van der Waals surface area contributed by atoms with E-state index in [9.17, 15) is 0 Å². The summed E-state index contributed by atoms with van der Waals surface area (Å²) in [5.41, 5.74) is 18.5. The summed E-state index contributed by atoms with van der Waals surface area (Å²) in [6.07, 6.45) is 11.0. The quantitative estimate of drug-likeness (QED) is 0.193. The van der Waals surface area contributed by atoms with Gasteiger partial charge in [0.1, 0.15) is 0 Å². The van der Waals surface area contributed by atoms with Crippen LogP contribution >= 0.6 is 0 Å². The highest BCUT2D eigenvalue weighted by Gasteiger charge is 2.07. The first-order valence-electron chi connectivity index (χ1n) is 10.3. The van der Waals surface area contributed by atoms with Gasteiger partial charge in [-0.15, -0.1) is 0 Å². The highest BCUT2D eigenvalue weighted by atomic mass is 14.9. The highest BCUT2D eigenvalue weighted by molar-refractivity contribution is 5.07. The van der Waals surface area contributed by atoms with Crippen molar-refractivity contribution < 1.29 is 0 Å². The number of nitrogens with one attached hydrogen (secondary N) is 3. The number of unbranched alkanes of at least 4 members (excludes halogenated alkanes) is 2.